The molecular weight excluding hydrogens is 122 g/mol. The summed E-state index contributed by atoms with van der Waals surface area (Å²) in [6.45, 7) is 0. The van der Waals surface area contributed by atoms with Gasteiger partial charge in [-0.3, -0.25) is 0 Å². The van der Waals surface area contributed by atoms with Crippen LogP contribution >= 0.6 is 0 Å². The van der Waals surface area contributed by atoms with Crippen molar-refractivity contribution in [1.29, 1.82) is 0 Å². The van der Waals surface area contributed by atoms with E-state index in [1.54, 1.807) is 0 Å². The van der Waals surface area contributed by atoms with E-state index in [2.05, 4.69) is 0 Å². The Hall–Kier alpha value is 1.63. The Morgan fingerprint density at radius 1 is 1.43 bits per heavy atom. The van der Waals surface area contributed by atoms with Gasteiger partial charge in [0, 0.05) is 0 Å². The first-order valence-corrected chi connectivity index (χ1v) is 3.69. The first-order chi connectivity index (χ1) is 2.73. The summed E-state index contributed by atoms with van der Waals surface area (Å²) in [5.41, 5.74) is 2.00. The fourth-order valence-corrected chi connectivity index (χ4v) is 0. The molecule has 3 nitrogen and oxygen atoms in total. The summed E-state index contributed by atoms with van der Waals surface area (Å²) < 4.78 is 23.2. The van der Waals surface area contributed by atoms with Crippen molar-refractivity contribution in [2.24, 2.45) is 0 Å². The molecule has 0 rings (SSSR count). The van der Waals surface area contributed by atoms with Crippen LogP contribution in [0.15, 0.2) is 0 Å². The Morgan fingerprint density at radius 3 is 1.43 bits per heavy atom. The summed E-state index contributed by atoms with van der Waals surface area (Å²) in [5, 5.41) is 0. The predicted octanol–water partition coefficient (Wildman–Crippen LogP) is -1.68. The Balaban J connectivity index is -0.0000000480. The molecule has 0 heterocycles. The van der Waals surface area contributed by atoms with Crippen molar-refractivity contribution in [3.8, 4) is 0 Å². The molecule has 0 fully saturated rings. The molecule has 0 aliphatic heterocycles. The van der Waals surface area contributed by atoms with Crippen LogP contribution in [0.2, 0.25) is 5.60 Å². The van der Waals surface area contributed by atoms with Gasteiger partial charge >= 0.3 is 71.5 Å². The van der Waals surface area contributed by atoms with Crippen LogP contribution in [0, 0.1) is 0 Å². The fraction of sp³-hybridized carbons (Fsp3) is 1.00. The zero-order valence-corrected chi connectivity index (χ0v) is 5.36. The molecule has 0 atom stereocenters. The van der Waals surface area contributed by atoms with Gasteiger partial charge in [0.1, 0.15) is 0 Å². The molecule has 0 radical (unpaired) electrons. The van der Waals surface area contributed by atoms with E-state index in [1.165, 1.54) is 0 Å². The molecule has 0 aromatic rings. The third-order valence-corrected chi connectivity index (χ3v) is 0. The molecular formula is CH6Li2O3Ti. The second-order valence-electron chi connectivity index (χ2n) is 0.283. The van der Waals surface area contributed by atoms with E-state index in [0.717, 1.165) is 0 Å². The van der Waals surface area contributed by atoms with Gasteiger partial charge in [-0.15, -0.1) is 0 Å². The molecule has 2 N–H and O–H groups in total. The molecule has 6 heteroatoms. The van der Waals surface area contributed by atoms with Crippen LogP contribution < -0.4 is 0 Å². The van der Waals surface area contributed by atoms with E-state index in [9.17, 15) is 0 Å². The van der Waals surface area contributed by atoms with Gasteiger partial charge in [-0.05, 0) is 0 Å². The van der Waals surface area contributed by atoms with Crippen LogP contribution in [0.25, 0.3) is 0 Å². The van der Waals surface area contributed by atoms with E-state index in [4.69, 9.17) is 10.7 Å². The first kappa shape index (κ1) is 15.9. The second kappa shape index (κ2) is 15.6. The van der Waals surface area contributed by atoms with E-state index < -0.39 is 18.6 Å². The molecule has 0 saturated carbocycles. The van der Waals surface area contributed by atoms with Crippen LogP contribution in [-0.4, -0.2) is 44.0 Å². The molecule has 0 bridgehead atoms. The SMILES string of the molecule is [LiH].[Li][CH3].[O]=[Ti]([OH])[OH]. The quantitative estimate of drug-likeness (QED) is 0.383. The average molecular weight is 128 g/mol. The standard InChI is InChI=1S/CH3.2Li.2H2O.O.Ti.H/h1H3;;;2*1H2;;;/q;;;;;;+2;/p-2. The van der Waals surface area contributed by atoms with Crippen molar-refractivity contribution < 1.29 is 29.3 Å². The topological polar surface area (TPSA) is 57.5 Å². The summed E-state index contributed by atoms with van der Waals surface area (Å²) in [6.07, 6.45) is 0. The van der Waals surface area contributed by atoms with Gasteiger partial charge in [0.05, 0.1) is 0 Å². The fourth-order valence-electron chi connectivity index (χ4n) is 0. The Morgan fingerprint density at radius 2 is 1.43 bits per heavy atom. The first-order valence-electron chi connectivity index (χ1n) is 1.65. The number of hydrogen-bond donors (Lipinski definition) is 2. The van der Waals surface area contributed by atoms with E-state index in [1.807, 2.05) is 23.3 Å². The van der Waals surface area contributed by atoms with E-state index >= 15 is 0 Å². The monoisotopic (exact) mass is 128 g/mol. The van der Waals surface area contributed by atoms with Crippen molar-refractivity contribution in [2.45, 2.75) is 5.60 Å². The molecule has 0 amide bonds. The summed E-state index contributed by atoms with van der Waals surface area (Å²) in [5.74, 6) is 0. The Labute approximate surface area is 71.0 Å². The molecule has 7 heavy (non-hydrogen) atoms. The van der Waals surface area contributed by atoms with Crippen LogP contribution in [0.1, 0.15) is 0 Å². The maximum absolute atomic E-state index is 8.81. The van der Waals surface area contributed by atoms with Gasteiger partial charge < -0.3 is 0 Å². The van der Waals surface area contributed by atoms with Crippen molar-refractivity contribution >= 4 is 36.6 Å². The van der Waals surface area contributed by atoms with Gasteiger partial charge in [-0.1, -0.05) is 0 Å². The van der Waals surface area contributed by atoms with E-state index in [-0.39, 0.29) is 18.9 Å². The van der Waals surface area contributed by atoms with Crippen molar-refractivity contribution in [2.75, 3.05) is 0 Å². The average Bonchev–Trinajstić information content (AvgIpc) is 1.41. The molecule has 0 aliphatic carbocycles. The molecule has 34 valence electrons. The van der Waals surface area contributed by atoms with Crippen LogP contribution in [-0.2, 0) is 21.9 Å². The van der Waals surface area contributed by atoms with Gasteiger partial charge in [-0.25, -0.2) is 0 Å². The van der Waals surface area contributed by atoms with Crippen molar-refractivity contribution in [3.05, 3.63) is 0 Å². The Kier molecular flexibility index (Phi) is 35.4. The molecule has 0 saturated heterocycles. The van der Waals surface area contributed by atoms with Gasteiger partial charge in [0.2, 0.25) is 0 Å². The molecule has 0 aromatic heterocycles. The molecule has 0 spiro atoms. The normalized spacial score (nSPS) is 4.71. The minimum absolute atomic E-state index is 0. The van der Waals surface area contributed by atoms with Crippen LogP contribution in [0.4, 0.5) is 0 Å². The summed E-state index contributed by atoms with van der Waals surface area (Å²) in [6, 6.07) is 0. The maximum atomic E-state index is 8.81. The summed E-state index contributed by atoms with van der Waals surface area (Å²) in [4.78, 5) is 0. The van der Waals surface area contributed by atoms with Crippen molar-refractivity contribution in [3.63, 3.8) is 0 Å². The predicted molar refractivity (Wildman–Crippen MR) is 23.9 cm³/mol. The third kappa shape index (κ3) is 91.1. The zero-order valence-electron chi connectivity index (χ0n) is 3.80. The molecule has 0 unspecified atom stereocenters. The van der Waals surface area contributed by atoms with E-state index in [0.29, 0.717) is 0 Å². The summed E-state index contributed by atoms with van der Waals surface area (Å²) in [7, 11) is 0. The zero-order chi connectivity index (χ0) is 5.58. The van der Waals surface area contributed by atoms with Gasteiger partial charge in [0.15, 0.2) is 0 Å². The minimum atomic E-state index is -3.58. The van der Waals surface area contributed by atoms with Gasteiger partial charge in [0.25, 0.3) is 0 Å². The number of rotatable bonds is 0. The molecule has 0 aromatic carbocycles. The summed E-state index contributed by atoms with van der Waals surface area (Å²) >= 11 is -1.58. The second-order valence-corrected chi connectivity index (χ2v) is 1.17. The van der Waals surface area contributed by atoms with Crippen LogP contribution in [0.5, 0.6) is 0 Å². The number of hydrogen-bond acceptors (Lipinski definition) is 1. The third-order valence-electron chi connectivity index (χ3n) is 0. The van der Waals surface area contributed by atoms with Crippen molar-refractivity contribution in [1.82, 2.24) is 0 Å². The van der Waals surface area contributed by atoms with Crippen LogP contribution in [0.3, 0.4) is 0 Å². The molecule has 0 aliphatic rings. The Bertz CT molecular complexity index is 35.9. The van der Waals surface area contributed by atoms with Gasteiger partial charge in [-0.2, -0.15) is 0 Å².